The summed E-state index contributed by atoms with van der Waals surface area (Å²) < 4.78 is 5.81. The van der Waals surface area contributed by atoms with Crippen molar-refractivity contribution in [3.63, 3.8) is 0 Å². The van der Waals surface area contributed by atoms with Gasteiger partial charge >= 0.3 is 0 Å². The van der Waals surface area contributed by atoms with E-state index in [2.05, 4.69) is 28.5 Å². The van der Waals surface area contributed by atoms with Gasteiger partial charge in [0.05, 0.1) is 5.02 Å². The van der Waals surface area contributed by atoms with Crippen LogP contribution in [0.5, 0.6) is 0 Å². The Kier molecular flexibility index (Phi) is 2.76. The van der Waals surface area contributed by atoms with Gasteiger partial charge in [0.1, 0.15) is 5.52 Å². The Bertz CT molecular complexity index is 794. The molecule has 0 saturated carbocycles. The van der Waals surface area contributed by atoms with E-state index in [1.54, 1.807) is 0 Å². The fourth-order valence-electron chi connectivity index (χ4n) is 2.65. The fourth-order valence-corrected chi connectivity index (χ4v) is 2.86. The third kappa shape index (κ3) is 1.90. The van der Waals surface area contributed by atoms with Gasteiger partial charge in [-0.25, -0.2) is 4.98 Å². The lowest BCUT2D eigenvalue weighted by Gasteiger charge is -2.17. The number of hydrogen-bond donors (Lipinski definition) is 1. The molecular formula is C16H13ClN2O. The number of nitrogens with one attached hydrogen (secondary N) is 1. The monoisotopic (exact) mass is 284 g/mol. The summed E-state index contributed by atoms with van der Waals surface area (Å²) in [5.41, 5.74) is 5.17. The van der Waals surface area contributed by atoms with Gasteiger partial charge in [-0.1, -0.05) is 23.7 Å². The van der Waals surface area contributed by atoms with Crippen LogP contribution >= 0.6 is 11.6 Å². The molecule has 0 aliphatic carbocycles. The first kappa shape index (κ1) is 11.9. The topological polar surface area (TPSA) is 38.1 Å². The SMILES string of the molecule is Clc1cccc2nc(-c3ccc4c(c3)CNCC4)oc12. The molecule has 0 atom stereocenters. The highest BCUT2D eigenvalue weighted by molar-refractivity contribution is 6.34. The van der Waals surface area contributed by atoms with E-state index in [1.807, 2.05) is 18.2 Å². The molecule has 3 nitrogen and oxygen atoms in total. The van der Waals surface area contributed by atoms with Gasteiger partial charge in [0.15, 0.2) is 5.58 Å². The number of fused-ring (bicyclic) bond motifs is 2. The predicted molar refractivity (Wildman–Crippen MR) is 79.9 cm³/mol. The van der Waals surface area contributed by atoms with Gasteiger partial charge in [0, 0.05) is 12.1 Å². The second-order valence-corrected chi connectivity index (χ2v) is 5.42. The molecule has 0 amide bonds. The molecule has 20 heavy (non-hydrogen) atoms. The molecule has 0 fully saturated rings. The highest BCUT2D eigenvalue weighted by Gasteiger charge is 2.14. The Morgan fingerprint density at radius 2 is 2.10 bits per heavy atom. The average molecular weight is 285 g/mol. The van der Waals surface area contributed by atoms with E-state index < -0.39 is 0 Å². The maximum atomic E-state index is 6.13. The molecule has 1 aliphatic heterocycles. The standard InChI is InChI=1S/C16H13ClN2O/c17-13-2-1-3-14-15(13)20-16(19-14)11-5-4-10-6-7-18-9-12(10)8-11/h1-5,8,18H,6-7,9H2. The quantitative estimate of drug-likeness (QED) is 0.739. The van der Waals surface area contributed by atoms with Crippen LogP contribution in [0.2, 0.25) is 5.02 Å². The van der Waals surface area contributed by atoms with Crippen LogP contribution in [0.4, 0.5) is 0 Å². The lowest BCUT2D eigenvalue weighted by molar-refractivity contribution is 0.617. The fraction of sp³-hybridized carbons (Fsp3) is 0.188. The normalized spacial score (nSPS) is 14.4. The molecular weight excluding hydrogens is 272 g/mol. The summed E-state index contributed by atoms with van der Waals surface area (Å²) >= 11 is 6.13. The molecule has 1 N–H and O–H groups in total. The van der Waals surface area contributed by atoms with Gasteiger partial charge < -0.3 is 9.73 Å². The molecule has 0 spiro atoms. The number of rotatable bonds is 1. The zero-order valence-electron chi connectivity index (χ0n) is 10.8. The van der Waals surface area contributed by atoms with Crippen molar-refractivity contribution in [3.8, 4) is 11.5 Å². The van der Waals surface area contributed by atoms with Gasteiger partial charge in [-0.05, 0) is 48.4 Å². The van der Waals surface area contributed by atoms with Crippen molar-refractivity contribution in [2.45, 2.75) is 13.0 Å². The second-order valence-electron chi connectivity index (χ2n) is 5.02. The van der Waals surface area contributed by atoms with Gasteiger partial charge in [-0.2, -0.15) is 0 Å². The Labute approximate surface area is 121 Å². The molecule has 0 saturated heterocycles. The van der Waals surface area contributed by atoms with Crippen molar-refractivity contribution >= 4 is 22.7 Å². The van der Waals surface area contributed by atoms with E-state index in [4.69, 9.17) is 16.0 Å². The van der Waals surface area contributed by atoms with Crippen LogP contribution < -0.4 is 5.32 Å². The molecule has 0 unspecified atom stereocenters. The van der Waals surface area contributed by atoms with Gasteiger partial charge in [-0.3, -0.25) is 0 Å². The van der Waals surface area contributed by atoms with Crippen molar-refractivity contribution in [2.24, 2.45) is 0 Å². The van der Waals surface area contributed by atoms with Crippen LogP contribution in [0.15, 0.2) is 40.8 Å². The minimum atomic E-state index is 0.598. The van der Waals surface area contributed by atoms with E-state index in [-0.39, 0.29) is 0 Å². The van der Waals surface area contributed by atoms with E-state index >= 15 is 0 Å². The molecule has 2 heterocycles. The Morgan fingerprint density at radius 1 is 1.15 bits per heavy atom. The third-order valence-electron chi connectivity index (χ3n) is 3.71. The van der Waals surface area contributed by atoms with Crippen LogP contribution in [0, 0.1) is 0 Å². The molecule has 100 valence electrons. The summed E-state index contributed by atoms with van der Waals surface area (Å²) in [6.45, 7) is 1.95. The molecule has 2 aromatic carbocycles. The predicted octanol–water partition coefficient (Wildman–Crippen LogP) is 3.79. The van der Waals surface area contributed by atoms with Crippen LogP contribution in [-0.4, -0.2) is 11.5 Å². The lowest BCUT2D eigenvalue weighted by atomic mass is 9.98. The van der Waals surface area contributed by atoms with Gasteiger partial charge in [0.25, 0.3) is 0 Å². The Balaban J connectivity index is 1.84. The van der Waals surface area contributed by atoms with Crippen LogP contribution in [-0.2, 0) is 13.0 Å². The third-order valence-corrected chi connectivity index (χ3v) is 4.00. The first-order valence-electron chi connectivity index (χ1n) is 6.69. The minimum absolute atomic E-state index is 0.598. The van der Waals surface area contributed by atoms with Crippen molar-refractivity contribution in [2.75, 3.05) is 6.54 Å². The molecule has 1 aromatic heterocycles. The summed E-state index contributed by atoms with van der Waals surface area (Å²) in [6.07, 6.45) is 1.08. The molecule has 0 bridgehead atoms. The first-order valence-corrected chi connectivity index (χ1v) is 7.07. The Hall–Kier alpha value is -1.84. The number of benzene rings is 2. The van der Waals surface area contributed by atoms with Crippen molar-refractivity contribution in [1.82, 2.24) is 10.3 Å². The number of nitrogens with zero attached hydrogens (tertiary/aromatic N) is 1. The minimum Gasteiger partial charge on any atom is -0.435 e. The summed E-state index contributed by atoms with van der Waals surface area (Å²) in [7, 11) is 0. The van der Waals surface area contributed by atoms with Crippen molar-refractivity contribution in [3.05, 3.63) is 52.5 Å². The Morgan fingerprint density at radius 3 is 3.00 bits per heavy atom. The second kappa shape index (κ2) is 4.62. The zero-order chi connectivity index (χ0) is 13.5. The molecule has 4 heteroatoms. The average Bonchev–Trinajstić information content (AvgIpc) is 2.92. The van der Waals surface area contributed by atoms with Gasteiger partial charge in [-0.15, -0.1) is 0 Å². The summed E-state index contributed by atoms with van der Waals surface area (Å²) in [6, 6.07) is 12.0. The van der Waals surface area contributed by atoms with Crippen LogP contribution in [0.1, 0.15) is 11.1 Å². The number of halogens is 1. The number of hydrogen-bond acceptors (Lipinski definition) is 3. The number of oxazole rings is 1. The largest absolute Gasteiger partial charge is 0.435 e. The molecule has 0 radical (unpaired) electrons. The molecule has 4 rings (SSSR count). The maximum Gasteiger partial charge on any atom is 0.227 e. The van der Waals surface area contributed by atoms with Crippen molar-refractivity contribution in [1.29, 1.82) is 0 Å². The van der Waals surface area contributed by atoms with Crippen LogP contribution in [0.25, 0.3) is 22.6 Å². The van der Waals surface area contributed by atoms with Crippen molar-refractivity contribution < 1.29 is 4.42 Å². The smallest absolute Gasteiger partial charge is 0.227 e. The van der Waals surface area contributed by atoms with E-state index in [1.165, 1.54) is 11.1 Å². The summed E-state index contributed by atoms with van der Waals surface area (Å²) in [4.78, 5) is 4.52. The maximum absolute atomic E-state index is 6.13. The first-order chi connectivity index (χ1) is 9.81. The summed E-state index contributed by atoms with van der Waals surface area (Å²) in [5.74, 6) is 0.626. The molecule has 3 aromatic rings. The lowest BCUT2D eigenvalue weighted by Crippen LogP contribution is -2.23. The van der Waals surface area contributed by atoms with E-state index in [0.29, 0.717) is 16.5 Å². The highest BCUT2D eigenvalue weighted by Crippen LogP contribution is 2.30. The highest BCUT2D eigenvalue weighted by atomic mass is 35.5. The number of para-hydroxylation sites is 1. The zero-order valence-corrected chi connectivity index (χ0v) is 11.6. The molecule has 1 aliphatic rings. The number of aromatic nitrogens is 1. The van der Waals surface area contributed by atoms with E-state index in [9.17, 15) is 0 Å². The van der Waals surface area contributed by atoms with Crippen LogP contribution in [0.3, 0.4) is 0 Å². The van der Waals surface area contributed by atoms with Gasteiger partial charge in [0.2, 0.25) is 5.89 Å². The summed E-state index contributed by atoms with van der Waals surface area (Å²) in [5, 5.41) is 3.98. The van der Waals surface area contributed by atoms with E-state index in [0.717, 1.165) is 30.6 Å².